The maximum absolute atomic E-state index is 5.21. The molecule has 1 unspecified atom stereocenters. The highest BCUT2D eigenvalue weighted by molar-refractivity contribution is 5.64. The number of aryl methyl sites for hydroxylation is 2. The highest BCUT2D eigenvalue weighted by Crippen LogP contribution is 2.37. The van der Waals surface area contributed by atoms with Crippen LogP contribution < -0.4 is 10.1 Å². The van der Waals surface area contributed by atoms with E-state index in [2.05, 4.69) is 43.4 Å². The van der Waals surface area contributed by atoms with E-state index in [9.17, 15) is 0 Å². The van der Waals surface area contributed by atoms with Crippen LogP contribution in [0.1, 0.15) is 28.3 Å². The van der Waals surface area contributed by atoms with Gasteiger partial charge in [-0.15, -0.1) is 0 Å². The summed E-state index contributed by atoms with van der Waals surface area (Å²) in [7, 11) is 1.70. The number of anilines is 1. The SMILES string of the molecule is COc1ccc(C2Cc3cc(C)cc(C)c3N2)cc1. The van der Waals surface area contributed by atoms with Crippen molar-refractivity contribution in [2.24, 2.45) is 0 Å². The zero-order chi connectivity index (χ0) is 13.4. The van der Waals surface area contributed by atoms with E-state index in [1.807, 2.05) is 12.1 Å². The molecule has 0 amide bonds. The average molecular weight is 253 g/mol. The first kappa shape index (κ1) is 12.1. The minimum absolute atomic E-state index is 0.376. The fourth-order valence-corrected chi connectivity index (χ4v) is 2.91. The number of methoxy groups -OCH3 is 1. The van der Waals surface area contributed by atoms with Crippen LogP contribution in [-0.4, -0.2) is 7.11 Å². The van der Waals surface area contributed by atoms with Crippen molar-refractivity contribution in [2.45, 2.75) is 26.3 Å². The van der Waals surface area contributed by atoms with E-state index in [0.717, 1.165) is 12.2 Å². The monoisotopic (exact) mass is 253 g/mol. The highest BCUT2D eigenvalue weighted by atomic mass is 16.5. The molecule has 2 heteroatoms. The van der Waals surface area contributed by atoms with Gasteiger partial charge in [0.25, 0.3) is 0 Å². The van der Waals surface area contributed by atoms with Gasteiger partial charge in [0.2, 0.25) is 0 Å². The second-order valence-corrected chi connectivity index (χ2v) is 5.29. The minimum atomic E-state index is 0.376. The van der Waals surface area contributed by atoms with Gasteiger partial charge in [-0.1, -0.05) is 29.8 Å². The number of ether oxygens (including phenoxy) is 1. The first-order valence-corrected chi connectivity index (χ1v) is 6.68. The number of hydrogen-bond donors (Lipinski definition) is 1. The predicted molar refractivity (Wildman–Crippen MR) is 79.0 cm³/mol. The summed E-state index contributed by atoms with van der Waals surface area (Å²) in [5.74, 6) is 0.909. The van der Waals surface area contributed by atoms with Crippen LogP contribution in [0.25, 0.3) is 0 Å². The van der Waals surface area contributed by atoms with Crippen molar-refractivity contribution in [2.75, 3.05) is 12.4 Å². The van der Waals surface area contributed by atoms with Crippen molar-refractivity contribution >= 4 is 5.69 Å². The smallest absolute Gasteiger partial charge is 0.118 e. The van der Waals surface area contributed by atoms with Gasteiger partial charge >= 0.3 is 0 Å². The van der Waals surface area contributed by atoms with Crippen molar-refractivity contribution in [3.63, 3.8) is 0 Å². The highest BCUT2D eigenvalue weighted by Gasteiger charge is 2.23. The Morgan fingerprint density at radius 1 is 1.11 bits per heavy atom. The van der Waals surface area contributed by atoms with Crippen LogP contribution in [0, 0.1) is 13.8 Å². The molecular weight excluding hydrogens is 234 g/mol. The Morgan fingerprint density at radius 3 is 2.53 bits per heavy atom. The van der Waals surface area contributed by atoms with E-state index in [0.29, 0.717) is 6.04 Å². The van der Waals surface area contributed by atoms with Gasteiger partial charge in [-0.2, -0.15) is 0 Å². The van der Waals surface area contributed by atoms with E-state index in [4.69, 9.17) is 4.74 Å². The normalized spacial score (nSPS) is 16.9. The van der Waals surface area contributed by atoms with Crippen LogP contribution in [0.4, 0.5) is 5.69 Å². The number of nitrogens with one attached hydrogen (secondary N) is 1. The van der Waals surface area contributed by atoms with Crippen LogP contribution in [0.15, 0.2) is 36.4 Å². The summed E-state index contributed by atoms with van der Waals surface area (Å²) in [5.41, 5.74) is 6.73. The summed E-state index contributed by atoms with van der Waals surface area (Å²) in [6.45, 7) is 4.34. The Hall–Kier alpha value is -1.96. The first-order valence-electron chi connectivity index (χ1n) is 6.68. The zero-order valence-electron chi connectivity index (χ0n) is 11.7. The Kier molecular flexibility index (Phi) is 2.94. The van der Waals surface area contributed by atoms with Gasteiger partial charge in [0.1, 0.15) is 5.75 Å². The molecule has 0 saturated heterocycles. The summed E-state index contributed by atoms with van der Waals surface area (Å²) >= 11 is 0. The predicted octanol–water partition coefficient (Wildman–Crippen LogP) is 4.02. The lowest BCUT2D eigenvalue weighted by Gasteiger charge is -2.13. The third-order valence-electron chi connectivity index (χ3n) is 3.82. The van der Waals surface area contributed by atoms with E-state index in [-0.39, 0.29) is 0 Å². The largest absolute Gasteiger partial charge is 0.497 e. The minimum Gasteiger partial charge on any atom is -0.497 e. The van der Waals surface area contributed by atoms with Crippen molar-refractivity contribution in [1.29, 1.82) is 0 Å². The first-order chi connectivity index (χ1) is 9.17. The van der Waals surface area contributed by atoms with Crippen molar-refractivity contribution in [1.82, 2.24) is 0 Å². The van der Waals surface area contributed by atoms with Gasteiger partial charge in [0, 0.05) is 5.69 Å². The second kappa shape index (κ2) is 4.61. The van der Waals surface area contributed by atoms with Gasteiger partial charge in [-0.25, -0.2) is 0 Å². The third kappa shape index (κ3) is 2.19. The van der Waals surface area contributed by atoms with Crippen molar-refractivity contribution in [3.05, 3.63) is 58.7 Å². The van der Waals surface area contributed by atoms with Gasteiger partial charge in [0.15, 0.2) is 0 Å². The molecule has 0 spiro atoms. The molecule has 19 heavy (non-hydrogen) atoms. The van der Waals surface area contributed by atoms with Crippen LogP contribution in [0.5, 0.6) is 5.75 Å². The molecule has 0 fully saturated rings. The summed E-state index contributed by atoms with van der Waals surface area (Å²) in [4.78, 5) is 0. The molecule has 1 N–H and O–H groups in total. The fourth-order valence-electron chi connectivity index (χ4n) is 2.91. The maximum Gasteiger partial charge on any atom is 0.118 e. The number of benzene rings is 2. The lowest BCUT2D eigenvalue weighted by molar-refractivity contribution is 0.414. The van der Waals surface area contributed by atoms with E-state index in [1.54, 1.807) is 7.11 Å². The van der Waals surface area contributed by atoms with Crippen LogP contribution in [0.2, 0.25) is 0 Å². The van der Waals surface area contributed by atoms with Crippen LogP contribution in [-0.2, 0) is 6.42 Å². The van der Waals surface area contributed by atoms with Gasteiger partial charge < -0.3 is 10.1 Å². The molecule has 2 aromatic rings. The summed E-state index contributed by atoms with van der Waals surface area (Å²) in [6.07, 6.45) is 1.06. The average Bonchev–Trinajstić information content (AvgIpc) is 2.83. The molecule has 1 heterocycles. The van der Waals surface area contributed by atoms with Crippen molar-refractivity contribution in [3.8, 4) is 5.75 Å². The van der Waals surface area contributed by atoms with E-state index in [1.165, 1.54) is 27.9 Å². The lowest BCUT2D eigenvalue weighted by atomic mass is 10.0. The quantitative estimate of drug-likeness (QED) is 0.872. The summed E-state index contributed by atoms with van der Waals surface area (Å²) < 4.78 is 5.21. The topological polar surface area (TPSA) is 21.3 Å². The molecule has 0 saturated carbocycles. The Bertz CT molecular complexity index is 601. The van der Waals surface area contributed by atoms with Crippen molar-refractivity contribution < 1.29 is 4.74 Å². The Morgan fingerprint density at radius 2 is 1.84 bits per heavy atom. The molecule has 98 valence electrons. The molecule has 1 aliphatic rings. The molecule has 0 radical (unpaired) electrons. The molecular formula is C17H19NO. The molecule has 2 aromatic carbocycles. The lowest BCUT2D eigenvalue weighted by Crippen LogP contribution is -2.05. The summed E-state index contributed by atoms with van der Waals surface area (Å²) in [6, 6.07) is 13.2. The van der Waals surface area contributed by atoms with Gasteiger partial charge in [0.05, 0.1) is 13.2 Å². The fraction of sp³-hybridized carbons (Fsp3) is 0.294. The Balaban J connectivity index is 1.88. The van der Waals surface area contributed by atoms with Gasteiger partial charge in [-0.3, -0.25) is 0 Å². The van der Waals surface area contributed by atoms with Gasteiger partial charge in [-0.05, 0) is 49.1 Å². The number of fused-ring (bicyclic) bond motifs is 1. The summed E-state index contributed by atoms with van der Waals surface area (Å²) in [5, 5.41) is 3.64. The number of hydrogen-bond acceptors (Lipinski definition) is 2. The molecule has 1 atom stereocenters. The van der Waals surface area contributed by atoms with Crippen LogP contribution >= 0.6 is 0 Å². The standard InChI is InChI=1S/C17H19NO/c1-11-8-12(2)17-14(9-11)10-16(18-17)13-4-6-15(19-3)7-5-13/h4-9,16,18H,10H2,1-3H3. The zero-order valence-corrected chi connectivity index (χ0v) is 11.7. The molecule has 3 rings (SSSR count). The van der Waals surface area contributed by atoms with E-state index < -0.39 is 0 Å². The molecule has 2 nitrogen and oxygen atoms in total. The number of rotatable bonds is 2. The molecule has 0 aliphatic carbocycles. The maximum atomic E-state index is 5.21. The van der Waals surface area contributed by atoms with Crippen LogP contribution in [0.3, 0.4) is 0 Å². The Labute approximate surface area is 114 Å². The molecule has 0 aromatic heterocycles. The third-order valence-corrected chi connectivity index (χ3v) is 3.82. The molecule has 0 bridgehead atoms. The second-order valence-electron chi connectivity index (χ2n) is 5.29. The van der Waals surface area contributed by atoms with E-state index >= 15 is 0 Å². The molecule has 1 aliphatic heterocycles.